The van der Waals surface area contributed by atoms with Crippen LogP contribution in [0.4, 0.5) is 4.79 Å². The molecule has 0 aromatic heterocycles. The molecule has 1 atom stereocenters. The minimum absolute atomic E-state index is 0.0134. The van der Waals surface area contributed by atoms with Crippen LogP contribution in [0, 0.1) is 0 Å². The number of aliphatic carboxylic acids is 1. The highest BCUT2D eigenvalue weighted by atomic mass is 16.6. The lowest BCUT2D eigenvalue weighted by molar-refractivity contribution is -0.139. The van der Waals surface area contributed by atoms with E-state index in [0.29, 0.717) is 12.2 Å². The number of alkyl carbamates (subject to hydrolysis) is 1. The van der Waals surface area contributed by atoms with Gasteiger partial charge in [0.05, 0.1) is 6.61 Å². The third-order valence-corrected chi connectivity index (χ3v) is 3.00. The molecule has 0 radical (unpaired) electrons. The molecule has 0 spiro atoms. The van der Waals surface area contributed by atoms with Crippen LogP contribution in [0.5, 0.6) is 11.5 Å². The molecule has 8 heteroatoms. The predicted octanol–water partition coefficient (Wildman–Crippen LogP) is 1.94. The molecule has 3 N–H and O–H groups in total. The molecule has 0 aliphatic carbocycles. The minimum atomic E-state index is -1.20. The maximum absolute atomic E-state index is 11.8. The SMILES string of the molecule is COCCOc1ccc(CC(NC(=O)OC(C)(C)C)C(=O)O)cc1O. The van der Waals surface area contributed by atoms with Crippen molar-refractivity contribution in [1.29, 1.82) is 0 Å². The summed E-state index contributed by atoms with van der Waals surface area (Å²) in [5.41, 5.74) is -0.202. The van der Waals surface area contributed by atoms with Crippen molar-refractivity contribution in [2.24, 2.45) is 0 Å². The summed E-state index contributed by atoms with van der Waals surface area (Å²) in [6.45, 7) is 5.71. The number of methoxy groups -OCH3 is 1. The number of ether oxygens (including phenoxy) is 3. The Hall–Kier alpha value is -2.48. The summed E-state index contributed by atoms with van der Waals surface area (Å²) in [7, 11) is 1.54. The number of carboxylic acids is 1. The quantitative estimate of drug-likeness (QED) is 0.611. The van der Waals surface area contributed by atoms with Crippen LogP contribution >= 0.6 is 0 Å². The second kappa shape index (κ2) is 9.12. The zero-order valence-corrected chi connectivity index (χ0v) is 14.9. The Morgan fingerprint density at radius 3 is 2.44 bits per heavy atom. The fourth-order valence-corrected chi connectivity index (χ4v) is 1.93. The number of benzene rings is 1. The summed E-state index contributed by atoms with van der Waals surface area (Å²) in [5, 5.41) is 21.5. The van der Waals surface area contributed by atoms with E-state index in [2.05, 4.69) is 5.32 Å². The lowest BCUT2D eigenvalue weighted by atomic mass is 10.1. The molecule has 0 aliphatic rings. The van der Waals surface area contributed by atoms with Gasteiger partial charge in [0.25, 0.3) is 0 Å². The largest absolute Gasteiger partial charge is 0.504 e. The van der Waals surface area contributed by atoms with Crippen molar-refractivity contribution in [1.82, 2.24) is 5.32 Å². The van der Waals surface area contributed by atoms with Gasteiger partial charge in [-0.25, -0.2) is 9.59 Å². The molecule has 1 aromatic carbocycles. The Kier molecular flexibility index (Phi) is 7.50. The summed E-state index contributed by atoms with van der Waals surface area (Å²) in [6, 6.07) is 3.37. The average molecular weight is 355 g/mol. The van der Waals surface area contributed by atoms with Crippen molar-refractivity contribution in [2.45, 2.75) is 38.8 Å². The molecule has 1 unspecified atom stereocenters. The topological polar surface area (TPSA) is 114 Å². The Balaban J connectivity index is 2.73. The van der Waals surface area contributed by atoms with Crippen LogP contribution in [0.25, 0.3) is 0 Å². The number of rotatable bonds is 8. The van der Waals surface area contributed by atoms with Gasteiger partial charge in [0, 0.05) is 13.5 Å². The number of phenols is 1. The fraction of sp³-hybridized carbons (Fsp3) is 0.529. The Morgan fingerprint density at radius 2 is 1.92 bits per heavy atom. The summed E-state index contributed by atoms with van der Waals surface area (Å²) >= 11 is 0. The molecule has 0 heterocycles. The van der Waals surface area contributed by atoms with Crippen LogP contribution in [-0.4, -0.2) is 54.2 Å². The Morgan fingerprint density at radius 1 is 1.24 bits per heavy atom. The van der Waals surface area contributed by atoms with Crippen LogP contribution < -0.4 is 10.1 Å². The van der Waals surface area contributed by atoms with Gasteiger partial charge >= 0.3 is 12.1 Å². The van der Waals surface area contributed by atoms with Crippen LogP contribution in [0.2, 0.25) is 0 Å². The first-order valence-corrected chi connectivity index (χ1v) is 7.78. The normalized spacial score (nSPS) is 12.3. The number of nitrogens with one attached hydrogen (secondary N) is 1. The molecule has 0 bridgehead atoms. The van der Waals surface area contributed by atoms with E-state index in [1.165, 1.54) is 19.2 Å². The molecule has 0 aliphatic heterocycles. The second-order valence-corrected chi connectivity index (χ2v) is 6.38. The zero-order chi connectivity index (χ0) is 19.0. The first kappa shape index (κ1) is 20.6. The van der Waals surface area contributed by atoms with Gasteiger partial charge in [-0.3, -0.25) is 0 Å². The molecule has 25 heavy (non-hydrogen) atoms. The van der Waals surface area contributed by atoms with E-state index in [-0.39, 0.29) is 24.5 Å². The highest BCUT2D eigenvalue weighted by Crippen LogP contribution is 2.27. The van der Waals surface area contributed by atoms with E-state index in [0.717, 1.165) is 0 Å². The van der Waals surface area contributed by atoms with Gasteiger partial charge in [0.15, 0.2) is 11.5 Å². The predicted molar refractivity (Wildman–Crippen MR) is 90.0 cm³/mol. The lowest BCUT2D eigenvalue weighted by Crippen LogP contribution is -2.44. The molecular formula is C17H25NO7. The van der Waals surface area contributed by atoms with Crippen LogP contribution in [0.1, 0.15) is 26.3 Å². The highest BCUT2D eigenvalue weighted by molar-refractivity contribution is 5.80. The minimum Gasteiger partial charge on any atom is -0.504 e. The first-order chi connectivity index (χ1) is 11.6. The summed E-state index contributed by atoms with van der Waals surface area (Å²) in [4.78, 5) is 23.1. The van der Waals surface area contributed by atoms with E-state index in [1.807, 2.05) is 0 Å². The van der Waals surface area contributed by atoms with Gasteiger partial charge in [0.2, 0.25) is 0 Å². The van der Waals surface area contributed by atoms with E-state index in [1.54, 1.807) is 26.8 Å². The number of hydrogen-bond donors (Lipinski definition) is 3. The van der Waals surface area contributed by atoms with Crippen LogP contribution in [0.15, 0.2) is 18.2 Å². The van der Waals surface area contributed by atoms with E-state index in [9.17, 15) is 19.8 Å². The van der Waals surface area contributed by atoms with Crippen molar-refractivity contribution >= 4 is 12.1 Å². The molecule has 140 valence electrons. The molecule has 1 amide bonds. The molecular weight excluding hydrogens is 330 g/mol. The van der Waals surface area contributed by atoms with Crippen molar-refractivity contribution in [2.75, 3.05) is 20.3 Å². The smallest absolute Gasteiger partial charge is 0.408 e. The second-order valence-electron chi connectivity index (χ2n) is 6.38. The van der Waals surface area contributed by atoms with Gasteiger partial charge in [-0.2, -0.15) is 0 Å². The molecule has 8 nitrogen and oxygen atoms in total. The van der Waals surface area contributed by atoms with Crippen molar-refractivity contribution < 1.29 is 34.0 Å². The van der Waals surface area contributed by atoms with E-state index < -0.39 is 23.7 Å². The average Bonchev–Trinajstić information content (AvgIpc) is 2.47. The maximum Gasteiger partial charge on any atom is 0.408 e. The number of carbonyl (C=O) groups excluding carboxylic acids is 1. The number of amides is 1. The van der Waals surface area contributed by atoms with E-state index >= 15 is 0 Å². The summed E-state index contributed by atoms with van der Waals surface area (Å²) in [6.07, 6.45) is -0.829. The van der Waals surface area contributed by atoms with Gasteiger partial charge in [-0.05, 0) is 38.5 Å². The summed E-state index contributed by atoms with van der Waals surface area (Å²) < 4.78 is 15.2. The molecule has 1 rings (SSSR count). The third kappa shape index (κ3) is 7.75. The zero-order valence-electron chi connectivity index (χ0n) is 14.9. The standard InChI is InChI=1S/C17H25NO7/c1-17(2,3)25-16(22)18-12(15(20)21)9-11-5-6-14(13(19)10-11)24-8-7-23-4/h5-6,10,12,19H,7-9H2,1-4H3,(H,18,22)(H,20,21). The number of carbonyl (C=O) groups is 2. The molecule has 0 saturated heterocycles. The van der Waals surface area contributed by atoms with Crippen LogP contribution in [-0.2, 0) is 20.7 Å². The molecule has 0 fully saturated rings. The van der Waals surface area contributed by atoms with Crippen molar-refractivity contribution in [3.05, 3.63) is 23.8 Å². The van der Waals surface area contributed by atoms with Crippen molar-refractivity contribution in [3.63, 3.8) is 0 Å². The Labute approximate surface area is 146 Å². The van der Waals surface area contributed by atoms with Crippen molar-refractivity contribution in [3.8, 4) is 11.5 Å². The van der Waals surface area contributed by atoms with Crippen LogP contribution in [0.3, 0.4) is 0 Å². The number of phenolic OH excluding ortho intramolecular Hbond substituents is 1. The number of hydrogen-bond acceptors (Lipinski definition) is 6. The van der Waals surface area contributed by atoms with Gasteiger partial charge in [0.1, 0.15) is 18.2 Å². The fourth-order valence-electron chi connectivity index (χ4n) is 1.93. The monoisotopic (exact) mass is 355 g/mol. The summed E-state index contributed by atoms with van der Waals surface area (Å²) in [5.74, 6) is -1.05. The lowest BCUT2D eigenvalue weighted by Gasteiger charge is -2.22. The van der Waals surface area contributed by atoms with Gasteiger partial charge < -0.3 is 29.7 Å². The van der Waals surface area contributed by atoms with E-state index in [4.69, 9.17) is 14.2 Å². The van der Waals surface area contributed by atoms with Gasteiger partial charge in [-0.1, -0.05) is 6.07 Å². The first-order valence-electron chi connectivity index (χ1n) is 7.78. The highest BCUT2D eigenvalue weighted by Gasteiger charge is 2.24. The number of aromatic hydroxyl groups is 1. The molecule has 1 aromatic rings. The van der Waals surface area contributed by atoms with Gasteiger partial charge in [-0.15, -0.1) is 0 Å². The number of carboxylic acid groups (broad SMARTS) is 1. The Bertz CT molecular complexity index is 595. The third-order valence-electron chi connectivity index (χ3n) is 3.00. The maximum atomic E-state index is 11.8. The molecule has 0 saturated carbocycles.